The van der Waals surface area contributed by atoms with E-state index in [0.717, 1.165) is 21.9 Å². The lowest BCUT2D eigenvalue weighted by atomic mass is 10.3. The van der Waals surface area contributed by atoms with Gasteiger partial charge in [0, 0.05) is 6.54 Å². The molecule has 0 aliphatic heterocycles. The highest BCUT2D eigenvalue weighted by atomic mass is 32.2. The van der Waals surface area contributed by atoms with E-state index >= 15 is 0 Å². The smallest absolute Gasteiger partial charge is 0.169 e. The fraction of sp³-hybridized carbons (Fsp3) is 0.364. The van der Waals surface area contributed by atoms with E-state index in [-0.39, 0.29) is 6.61 Å². The van der Waals surface area contributed by atoms with Crippen molar-refractivity contribution in [3.05, 3.63) is 24.3 Å². The highest BCUT2D eigenvalue weighted by Crippen LogP contribution is 2.23. The molecule has 0 bridgehead atoms. The van der Waals surface area contributed by atoms with Crippen molar-refractivity contribution in [3.8, 4) is 0 Å². The average Bonchev–Trinajstić information content (AvgIpc) is 2.59. The van der Waals surface area contributed by atoms with Gasteiger partial charge in [-0.15, -0.1) is 0 Å². The Labute approximate surface area is 93.1 Å². The number of benzene rings is 1. The van der Waals surface area contributed by atoms with Gasteiger partial charge in [-0.05, 0) is 17.9 Å². The van der Waals surface area contributed by atoms with Gasteiger partial charge >= 0.3 is 0 Å². The molecule has 2 rings (SSSR count). The van der Waals surface area contributed by atoms with Crippen LogP contribution in [0.5, 0.6) is 0 Å². The van der Waals surface area contributed by atoms with E-state index < -0.39 is 0 Å². The molecular formula is C11H14N2OS. The molecule has 1 heterocycles. The molecule has 0 saturated carbocycles. The molecule has 4 heteroatoms. The van der Waals surface area contributed by atoms with Crippen molar-refractivity contribution in [2.45, 2.75) is 18.6 Å². The lowest BCUT2D eigenvalue weighted by Crippen LogP contribution is -2.03. The second-order valence-corrected chi connectivity index (χ2v) is 4.42. The third-order valence-corrected chi connectivity index (χ3v) is 3.08. The summed E-state index contributed by atoms with van der Waals surface area (Å²) in [5.74, 6) is 0.995. The minimum atomic E-state index is 0.150. The topological polar surface area (TPSA) is 38.0 Å². The van der Waals surface area contributed by atoms with Gasteiger partial charge in [-0.1, -0.05) is 30.8 Å². The van der Waals surface area contributed by atoms with Gasteiger partial charge in [-0.3, -0.25) is 0 Å². The molecule has 80 valence electrons. The molecule has 0 atom stereocenters. The number of aliphatic hydroxyl groups is 1. The van der Waals surface area contributed by atoms with Crippen LogP contribution in [-0.4, -0.2) is 27.0 Å². The number of hydrogen-bond donors (Lipinski definition) is 1. The number of thioether (sulfide) groups is 1. The Hall–Kier alpha value is -1.00. The van der Waals surface area contributed by atoms with Gasteiger partial charge in [-0.25, -0.2) is 4.98 Å². The van der Waals surface area contributed by atoms with E-state index in [9.17, 15) is 0 Å². The number of aliphatic hydroxyl groups excluding tert-OH is 1. The quantitative estimate of drug-likeness (QED) is 0.805. The summed E-state index contributed by atoms with van der Waals surface area (Å²) in [4.78, 5) is 4.54. The molecule has 1 aromatic carbocycles. The molecule has 0 fully saturated rings. The summed E-state index contributed by atoms with van der Waals surface area (Å²) in [5.41, 5.74) is 2.10. The maximum atomic E-state index is 9.03. The third kappa shape index (κ3) is 2.01. The fourth-order valence-electron chi connectivity index (χ4n) is 1.61. The summed E-state index contributed by atoms with van der Waals surface area (Å²) in [6.45, 7) is 2.87. The summed E-state index contributed by atoms with van der Waals surface area (Å²) in [6.07, 6.45) is 0. The molecule has 2 aromatic rings. The van der Waals surface area contributed by atoms with Crippen molar-refractivity contribution < 1.29 is 5.11 Å². The fourth-order valence-corrected chi connectivity index (χ4v) is 2.38. The van der Waals surface area contributed by atoms with Gasteiger partial charge in [0.2, 0.25) is 0 Å². The van der Waals surface area contributed by atoms with E-state index in [2.05, 4.69) is 16.5 Å². The number of hydrogen-bond acceptors (Lipinski definition) is 3. The summed E-state index contributed by atoms with van der Waals surface area (Å²) < 4.78 is 2.07. The first kappa shape index (κ1) is 10.5. The lowest BCUT2D eigenvalue weighted by Gasteiger charge is -2.05. The Bertz CT molecular complexity index is 453. The van der Waals surface area contributed by atoms with Crippen LogP contribution in [0.15, 0.2) is 29.4 Å². The van der Waals surface area contributed by atoms with Gasteiger partial charge in [0.1, 0.15) is 0 Å². The Kier molecular flexibility index (Phi) is 3.28. The molecule has 3 nitrogen and oxygen atoms in total. The van der Waals surface area contributed by atoms with Crippen molar-refractivity contribution >= 4 is 22.8 Å². The Morgan fingerprint density at radius 2 is 2.20 bits per heavy atom. The minimum Gasteiger partial charge on any atom is -0.395 e. The van der Waals surface area contributed by atoms with E-state index in [0.29, 0.717) is 6.54 Å². The van der Waals surface area contributed by atoms with Gasteiger partial charge in [0.05, 0.1) is 17.6 Å². The van der Waals surface area contributed by atoms with E-state index in [1.165, 1.54) is 0 Å². The van der Waals surface area contributed by atoms with Gasteiger partial charge < -0.3 is 9.67 Å². The molecule has 0 aliphatic carbocycles. The number of para-hydroxylation sites is 2. The number of rotatable bonds is 4. The summed E-state index contributed by atoms with van der Waals surface area (Å²) >= 11 is 1.71. The third-order valence-electron chi connectivity index (χ3n) is 2.22. The van der Waals surface area contributed by atoms with Crippen LogP contribution in [0.4, 0.5) is 0 Å². The van der Waals surface area contributed by atoms with Crippen LogP contribution in [0.2, 0.25) is 0 Å². The first-order valence-electron chi connectivity index (χ1n) is 5.05. The molecule has 0 aliphatic rings. The maximum Gasteiger partial charge on any atom is 0.169 e. The van der Waals surface area contributed by atoms with Crippen LogP contribution in [0.1, 0.15) is 6.92 Å². The zero-order chi connectivity index (χ0) is 10.7. The van der Waals surface area contributed by atoms with Crippen LogP contribution in [-0.2, 0) is 6.54 Å². The van der Waals surface area contributed by atoms with Gasteiger partial charge in [0.25, 0.3) is 0 Å². The van der Waals surface area contributed by atoms with Crippen molar-refractivity contribution in [3.63, 3.8) is 0 Å². The Morgan fingerprint density at radius 1 is 1.40 bits per heavy atom. The van der Waals surface area contributed by atoms with Gasteiger partial charge in [-0.2, -0.15) is 0 Å². The first-order valence-corrected chi connectivity index (χ1v) is 6.04. The second-order valence-electron chi connectivity index (χ2n) is 3.19. The maximum absolute atomic E-state index is 9.03. The highest BCUT2D eigenvalue weighted by Gasteiger charge is 2.08. The Morgan fingerprint density at radius 3 is 2.93 bits per heavy atom. The lowest BCUT2D eigenvalue weighted by molar-refractivity contribution is 0.273. The molecule has 1 N–H and O–H groups in total. The molecule has 1 aromatic heterocycles. The highest BCUT2D eigenvalue weighted by molar-refractivity contribution is 7.99. The van der Waals surface area contributed by atoms with Crippen LogP contribution in [0, 0.1) is 0 Å². The van der Waals surface area contributed by atoms with Crippen molar-refractivity contribution in [1.82, 2.24) is 9.55 Å². The molecule has 0 amide bonds. The second kappa shape index (κ2) is 4.68. The molecule has 0 unspecified atom stereocenters. The number of nitrogens with zero attached hydrogens (tertiary/aromatic N) is 2. The first-order chi connectivity index (χ1) is 7.36. The van der Waals surface area contributed by atoms with Crippen LogP contribution < -0.4 is 0 Å². The monoisotopic (exact) mass is 222 g/mol. The molecule has 0 spiro atoms. The Balaban J connectivity index is 2.53. The molecule has 15 heavy (non-hydrogen) atoms. The van der Waals surface area contributed by atoms with Crippen molar-refractivity contribution in [2.24, 2.45) is 0 Å². The molecule has 0 radical (unpaired) electrons. The average molecular weight is 222 g/mol. The van der Waals surface area contributed by atoms with Gasteiger partial charge in [0.15, 0.2) is 5.16 Å². The summed E-state index contributed by atoms with van der Waals surface area (Å²) in [6, 6.07) is 8.03. The predicted octanol–water partition coefficient (Wildman–Crippen LogP) is 2.14. The van der Waals surface area contributed by atoms with Crippen LogP contribution >= 0.6 is 11.8 Å². The number of imidazole rings is 1. The normalized spacial score (nSPS) is 11.1. The van der Waals surface area contributed by atoms with Crippen LogP contribution in [0.25, 0.3) is 11.0 Å². The predicted molar refractivity (Wildman–Crippen MR) is 63.2 cm³/mol. The van der Waals surface area contributed by atoms with Crippen molar-refractivity contribution in [1.29, 1.82) is 0 Å². The molecule has 0 saturated heterocycles. The summed E-state index contributed by atoms with van der Waals surface area (Å²) in [7, 11) is 0. The minimum absolute atomic E-state index is 0.150. The zero-order valence-electron chi connectivity index (χ0n) is 8.68. The van der Waals surface area contributed by atoms with Crippen LogP contribution in [0.3, 0.4) is 0 Å². The summed E-state index contributed by atoms with van der Waals surface area (Å²) in [5, 5.41) is 10.0. The largest absolute Gasteiger partial charge is 0.395 e. The van der Waals surface area contributed by atoms with Crippen molar-refractivity contribution in [2.75, 3.05) is 12.4 Å². The zero-order valence-corrected chi connectivity index (χ0v) is 9.50. The van der Waals surface area contributed by atoms with E-state index in [1.807, 2.05) is 24.3 Å². The van der Waals surface area contributed by atoms with E-state index in [4.69, 9.17) is 5.11 Å². The number of fused-ring (bicyclic) bond motifs is 1. The number of aromatic nitrogens is 2. The standard InChI is InChI=1S/C11H14N2OS/c1-2-15-11-12-9-5-3-4-6-10(9)13(11)7-8-14/h3-6,14H,2,7-8H2,1H3. The SMILES string of the molecule is CCSc1nc2ccccc2n1CCO. The van der Waals surface area contributed by atoms with E-state index in [1.54, 1.807) is 11.8 Å². The molecular weight excluding hydrogens is 208 g/mol.